The molecule has 2 aliphatic heterocycles. The zero-order valence-corrected chi connectivity index (χ0v) is 22.9. The van der Waals surface area contributed by atoms with Crippen LogP contribution in [0, 0.1) is 11.6 Å². The topological polar surface area (TPSA) is 81.6 Å². The number of carbonyl (C=O) groups excluding carboxylic acids is 1. The normalized spacial score (nSPS) is 25.2. The van der Waals surface area contributed by atoms with Crippen molar-refractivity contribution < 1.29 is 18.7 Å². The maximum absolute atomic E-state index is 14.1. The van der Waals surface area contributed by atoms with Crippen LogP contribution in [0.5, 0.6) is 0 Å². The second kappa shape index (κ2) is 11.4. The van der Waals surface area contributed by atoms with Crippen molar-refractivity contribution in [3.63, 3.8) is 0 Å². The molecule has 1 amide bonds. The molecule has 2 fully saturated rings. The average molecular weight is 559 g/mol. The molecule has 0 bridgehead atoms. The highest BCUT2D eigenvalue weighted by molar-refractivity contribution is 5.86. The van der Waals surface area contributed by atoms with E-state index in [0.29, 0.717) is 43.9 Å². The Morgan fingerprint density at radius 1 is 1.14 bits per heavy atom. The van der Waals surface area contributed by atoms with Crippen LogP contribution in [0.3, 0.4) is 0 Å². The van der Waals surface area contributed by atoms with Gasteiger partial charge < -0.3 is 20.2 Å². The molecule has 2 N–H and O–H groups in total. The number of halogens is 4. The van der Waals surface area contributed by atoms with E-state index in [2.05, 4.69) is 41.0 Å². The zero-order valence-electron chi connectivity index (χ0n) is 21.3. The van der Waals surface area contributed by atoms with E-state index in [9.17, 15) is 18.7 Å². The van der Waals surface area contributed by atoms with Crippen molar-refractivity contribution >= 4 is 36.5 Å². The minimum absolute atomic E-state index is 0. The summed E-state index contributed by atoms with van der Waals surface area (Å²) < 4.78 is 27.8. The Kier molecular flexibility index (Phi) is 9.05. The lowest BCUT2D eigenvalue weighted by molar-refractivity contribution is -0.133. The van der Waals surface area contributed by atoms with E-state index < -0.39 is 23.7 Å². The van der Waals surface area contributed by atoms with Crippen molar-refractivity contribution in [3.8, 4) is 0 Å². The molecule has 0 spiro atoms. The highest BCUT2D eigenvalue weighted by Gasteiger charge is 2.41. The Bertz CT molecular complexity index is 1130. The van der Waals surface area contributed by atoms with Gasteiger partial charge in [0.05, 0.1) is 17.7 Å². The molecule has 2 unspecified atom stereocenters. The summed E-state index contributed by atoms with van der Waals surface area (Å²) in [6, 6.07) is 3.65. The number of nitrogens with zero attached hydrogens (tertiary/aromatic N) is 4. The second-order valence-electron chi connectivity index (χ2n) is 10.8. The molecule has 1 aromatic heterocycles. The van der Waals surface area contributed by atoms with Gasteiger partial charge in [-0.3, -0.25) is 4.79 Å². The highest BCUT2D eigenvalue weighted by atomic mass is 35.5. The van der Waals surface area contributed by atoms with Gasteiger partial charge in [0.25, 0.3) is 0 Å². The Hall–Kier alpha value is -2.07. The predicted molar refractivity (Wildman–Crippen MR) is 143 cm³/mol. The number of piperazine rings is 1. The molecule has 1 aliphatic carbocycles. The van der Waals surface area contributed by atoms with E-state index in [0.717, 1.165) is 36.4 Å². The molecule has 0 saturated carbocycles. The molecule has 2 aromatic rings. The van der Waals surface area contributed by atoms with Crippen molar-refractivity contribution in [1.29, 1.82) is 0 Å². The third-order valence-corrected chi connectivity index (χ3v) is 7.80. The fourth-order valence-corrected chi connectivity index (χ4v) is 5.95. The van der Waals surface area contributed by atoms with Crippen LogP contribution in [0.1, 0.15) is 74.8 Å². The van der Waals surface area contributed by atoms with Gasteiger partial charge in [0.2, 0.25) is 5.91 Å². The monoisotopic (exact) mass is 557 g/mol. The first kappa shape index (κ1) is 29.5. The number of nitrogens with one attached hydrogen (secondary N) is 1. The quantitative estimate of drug-likeness (QED) is 0.589. The fourth-order valence-electron chi connectivity index (χ4n) is 5.95. The summed E-state index contributed by atoms with van der Waals surface area (Å²) in [6.07, 6.45) is 3.27. The van der Waals surface area contributed by atoms with Crippen LogP contribution in [0.4, 0.5) is 14.6 Å². The predicted octanol–water partition coefficient (Wildman–Crippen LogP) is 4.10. The zero-order chi connectivity index (χ0) is 24.9. The SMILES string of the molecule is C[C@@H]1C[C@@H](O)c2ncnc(N3CCN(C(=O)C(c4ccc(F)c(F)c4)C4CCC(C)(C)N4)CC3)c21.Cl.Cl. The first-order valence-corrected chi connectivity index (χ1v) is 12.4. The van der Waals surface area contributed by atoms with Crippen molar-refractivity contribution in [2.75, 3.05) is 31.1 Å². The van der Waals surface area contributed by atoms with Gasteiger partial charge >= 0.3 is 0 Å². The van der Waals surface area contributed by atoms with Crippen molar-refractivity contribution in [2.24, 2.45) is 0 Å². The number of rotatable bonds is 4. The number of fused-ring (bicyclic) bond motifs is 1. The third kappa shape index (κ3) is 5.70. The summed E-state index contributed by atoms with van der Waals surface area (Å²) in [5.74, 6) is -1.49. The first-order chi connectivity index (χ1) is 16.6. The van der Waals surface area contributed by atoms with E-state index in [1.807, 2.05) is 4.90 Å². The van der Waals surface area contributed by atoms with Crippen LogP contribution in [-0.4, -0.2) is 63.6 Å². The Morgan fingerprint density at radius 2 is 1.84 bits per heavy atom. The molecule has 1 aromatic carbocycles. The van der Waals surface area contributed by atoms with Crippen molar-refractivity contribution in [2.45, 2.75) is 69.6 Å². The number of anilines is 1. The third-order valence-electron chi connectivity index (χ3n) is 7.80. The van der Waals surface area contributed by atoms with Crippen LogP contribution in [-0.2, 0) is 4.79 Å². The van der Waals surface area contributed by atoms with Gasteiger partial charge in [0.1, 0.15) is 12.1 Å². The Morgan fingerprint density at radius 3 is 2.46 bits per heavy atom. The lowest BCUT2D eigenvalue weighted by Gasteiger charge is -2.39. The fraction of sp³-hybridized carbons (Fsp3) is 0.577. The summed E-state index contributed by atoms with van der Waals surface area (Å²) in [5, 5.41) is 13.9. The number of carbonyl (C=O) groups is 1. The minimum atomic E-state index is -0.934. The number of benzene rings is 1. The molecule has 2 saturated heterocycles. The lowest BCUT2D eigenvalue weighted by atomic mass is 9.88. The number of amides is 1. The standard InChI is InChI=1S/C26H33F2N5O2.2ClH/c1-15-12-20(34)23-21(15)24(30-14-29-23)32-8-10-33(11-9-32)25(35)22(19-6-7-26(2,3)31-19)16-4-5-17(27)18(28)13-16;;/h4-5,13-15,19-20,22,31,34H,6-12H2,1-3H3;2*1H/t15-,19?,20-,22?;;/m1../s1. The van der Waals surface area contributed by atoms with Gasteiger partial charge in [-0.1, -0.05) is 13.0 Å². The van der Waals surface area contributed by atoms with E-state index >= 15 is 0 Å². The van der Waals surface area contributed by atoms with Gasteiger partial charge in [0, 0.05) is 43.3 Å². The van der Waals surface area contributed by atoms with Gasteiger partial charge in [-0.05, 0) is 56.7 Å². The molecular formula is C26H35Cl2F2N5O2. The van der Waals surface area contributed by atoms with Gasteiger partial charge in [-0.25, -0.2) is 18.7 Å². The maximum atomic E-state index is 14.1. The van der Waals surface area contributed by atoms with Gasteiger partial charge in [-0.2, -0.15) is 0 Å². The summed E-state index contributed by atoms with van der Waals surface area (Å²) in [5.41, 5.74) is 2.09. The molecule has 3 heterocycles. The van der Waals surface area contributed by atoms with E-state index in [1.165, 1.54) is 12.4 Å². The number of aliphatic hydroxyl groups is 1. The number of hydrogen-bond acceptors (Lipinski definition) is 6. The van der Waals surface area contributed by atoms with Crippen molar-refractivity contribution in [1.82, 2.24) is 20.2 Å². The molecule has 204 valence electrons. The summed E-state index contributed by atoms with van der Waals surface area (Å²) in [7, 11) is 0. The molecule has 0 radical (unpaired) electrons. The maximum Gasteiger partial charge on any atom is 0.231 e. The molecule has 3 aliphatic rings. The van der Waals surface area contributed by atoms with Crippen molar-refractivity contribution in [3.05, 3.63) is 53.0 Å². The summed E-state index contributed by atoms with van der Waals surface area (Å²) in [6.45, 7) is 8.48. The van der Waals surface area contributed by atoms with E-state index in [4.69, 9.17) is 0 Å². The van der Waals surface area contributed by atoms with E-state index in [-0.39, 0.29) is 48.2 Å². The molecule has 5 rings (SSSR count). The summed E-state index contributed by atoms with van der Waals surface area (Å²) in [4.78, 5) is 26.6. The minimum Gasteiger partial charge on any atom is -0.387 e. The van der Waals surface area contributed by atoms with E-state index in [1.54, 1.807) is 0 Å². The lowest BCUT2D eigenvalue weighted by Crippen LogP contribution is -2.53. The van der Waals surface area contributed by atoms with Crippen LogP contribution < -0.4 is 10.2 Å². The number of hydrogen-bond donors (Lipinski definition) is 2. The van der Waals surface area contributed by atoms with Crippen LogP contribution in [0.25, 0.3) is 0 Å². The van der Waals surface area contributed by atoms with Gasteiger partial charge in [0.15, 0.2) is 11.6 Å². The van der Waals surface area contributed by atoms with Crippen LogP contribution in [0.2, 0.25) is 0 Å². The van der Waals surface area contributed by atoms with Crippen LogP contribution in [0.15, 0.2) is 24.5 Å². The summed E-state index contributed by atoms with van der Waals surface area (Å²) >= 11 is 0. The largest absolute Gasteiger partial charge is 0.387 e. The Labute approximate surface area is 228 Å². The number of aliphatic hydroxyl groups excluding tert-OH is 1. The number of aromatic nitrogens is 2. The Balaban J connectivity index is 0.00000190. The molecule has 7 nitrogen and oxygen atoms in total. The average Bonchev–Trinajstić information content (AvgIpc) is 3.34. The molecule has 11 heteroatoms. The first-order valence-electron chi connectivity index (χ1n) is 12.4. The molecule has 37 heavy (non-hydrogen) atoms. The highest BCUT2D eigenvalue weighted by Crippen LogP contribution is 2.43. The van der Waals surface area contributed by atoms with Crippen LogP contribution >= 0.6 is 24.8 Å². The van der Waals surface area contributed by atoms with Gasteiger partial charge in [-0.15, -0.1) is 24.8 Å². The second-order valence-corrected chi connectivity index (χ2v) is 10.8. The molecule has 4 atom stereocenters. The molecular weight excluding hydrogens is 523 g/mol. The smallest absolute Gasteiger partial charge is 0.231 e.